The lowest BCUT2D eigenvalue weighted by molar-refractivity contribution is -0.384. The number of aromatic nitrogens is 2. The zero-order valence-electron chi connectivity index (χ0n) is 12.7. The van der Waals surface area contributed by atoms with Gasteiger partial charge in [0.1, 0.15) is 6.20 Å². The molecule has 0 spiro atoms. The number of hydrogen-bond acceptors (Lipinski definition) is 7. The third-order valence-electron chi connectivity index (χ3n) is 4.06. The molecule has 1 fully saturated rings. The van der Waals surface area contributed by atoms with Crippen molar-refractivity contribution in [3.63, 3.8) is 0 Å². The highest BCUT2D eigenvalue weighted by atomic mass is 16.6. The molecule has 1 aliphatic heterocycles. The van der Waals surface area contributed by atoms with Gasteiger partial charge in [-0.2, -0.15) is 4.98 Å². The lowest BCUT2D eigenvalue weighted by atomic mass is 10.0. The van der Waals surface area contributed by atoms with Gasteiger partial charge in [0.2, 0.25) is 11.8 Å². The first-order valence-corrected chi connectivity index (χ1v) is 7.21. The SMILES string of the molecule is CCN1CCC(N(C)c2nc(NC)ncc2[N+](=O)[O-])CC1. The van der Waals surface area contributed by atoms with Crippen molar-refractivity contribution >= 4 is 17.5 Å². The van der Waals surface area contributed by atoms with Crippen LogP contribution >= 0.6 is 0 Å². The van der Waals surface area contributed by atoms with E-state index in [1.54, 1.807) is 7.05 Å². The molecule has 0 atom stereocenters. The zero-order chi connectivity index (χ0) is 15.4. The van der Waals surface area contributed by atoms with Gasteiger partial charge in [0.15, 0.2) is 0 Å². The molecule has 0 saturated carbocycles. The Kier molecular flexibility index (Phi) is 4.89. The summed E-state index contributed by atoms with van der Waals surface area (Å²) in [6.07, 6.45) is 3.24. The average molecular weight is 294 g/mol. The Bertz CT molecular complexity index is 501. The quantitative estimate of drug-likeness (QED) is 0.647. The third-order valence-corrected chi connectivity index (χ3v) is 4.06. The molecule has 1 saturated heterocycles. The molecule has 21 heavy (non-hydrogen) atoms. The monoisotopic (exact) mass is 294 g/mol. The van der Waals surface area contributed by atoms with Crippen molar-refractivity contribution in [2.24, 2.45) is 0 Å². The van der Waals surface area contributed by atoms with E-state index in [0.717, 1.165) is 32.5 Å². The maximum Gasteiger partial charge on any atom is 0.329 e. The van der Waals surface area contributed by atoms with E-state index in [-0.39, 0.29) is 11.7 Å². The van der Waals surface area contributed by atoms with Crippen LogP contribution in [0.3, 0.4) is 0 Å². The molecule has 1 aliphatic rings. The lowest BCUT2D eigenvalue weighted by Crippen LogP contribution is -2.43. The third kappa shape index (κ3) is 3.38. The highest BCUT2D eigenvalue weighted by Gasteiger charge is 2.28. The summed E-state index contributed by atoms with van der Waals surface area (Å²) < 4.78 is 0. The molecule has 2 rings (SSSR count). The highest BCUT2D eigenvalue weighted by Crippen LogP contribution is 2.29. The van der Waals surface area contributed by atoms with Crippen LogP contribution in [0.4, 0.5) is 17.5 Å². The second-order valence-electron chi connectivity index (χ2n) is 5.19. The highest BCUT2D eigenvalue weighted by molar-refractivity contribution is 5.59. The summed E-state index contributed by atoms with van der Waals surface area (Å²) in [5.74, 6) is 0.780. The predicted octanol–water partition coefficient (Wildman–Crippen LogP) is 1.35. The van der Waals surface area contributed by atoms with Gasteiger partial charge < -0.3 is 15.1 Å². The first-order chi connectivity index (χ1) is 10.1. The Morgan fingerprint density at radius 2 is 2.19 bits per heavy atom. The first kappa shape index (κ1) is 15.4. The van der Waals surface area contributed by atoms with Gasteiger partial charge in [-0.1, -0.05) is 6.92 Å². The maximum absolute atomic E-state index is 11.2. The van der Waals surface area contributed by atoms with E-state index in [4.69, 9.17) is 0 Å². The molecule has 0 aromatic carbocycles. The minimum Gasteiger partial charge on any atom is -0.357 e. The molecular weight excluding hydrogens is 272 g/mol. The van der Waals surface area contributed by atoms with Crippen molar-refractivity contribution in [2.45, 2.75) is 25.8 Å². The number of anilines is 2. The molecule has 0 aliphatic carbocycles. The smallest absolute Gasteiger partial charge is 0.329 e. The molecule has 2 heterocycles. The summed E-state index contributed by atoms with van der Waals surface area (Å²) in [5, 5.41) is 14.0. The van der Waals surface area contributed by atoms with Crippen molar-refractivity contribution in [3.8, 4) is 0 Å². The minimum atomic E-state index is -0.424. The number of likely N-dealkylation sites (tertiary alicyclic amines) is 1. The van der Waals surface area contributed by atoms with E-state index in [2.05, 4.69) is 27.1 Å². The summed E-state index contributed by atoms with van der Waals surface area (Å²) in [6.45, 7) is 5.24. The Hall–Kier alpha value is -1.96. The summed E-state index contributed by atoms with van der Waals surface area (Å²) in [5.41, 5.74) is -0.0468. The van der Waals surface area contributed by atoms with E-state index >= 15 is 0 Å². The Morgan fingerprint density at radius 1 is 1.52 bits per heavy atom. The van der Waals surface area contributed by atoms with E-state index < -0.39 is 4.92 Å². The fourth-order valence-electron chi connectivity index (χ4n) is 2.67. The standard InChI is InChI=1S/C13H22N6O2/c1-4-18-7-5-10(6-8-18)17(3)12-11(19(20)21)9-15-13(14-2)16-12/h9-10H,4-8H2,1-3H3,(H,14,15,16). The molecule has 0 radical (unpaired) electrons. The van der Waals surface area contributed by atoms with Crippen LogP contribution in [-0.4, -0.2) is 59.6 Å². The zero-order valence-corrected chi connectivity index (χ0v) is 12.7. The maximum atomic E-state index is 11.2. The van der Waals surface area contributed by atoms with Crippen molar-refractivity contribution in [3.05, 3.63) is 16.3 Å². The number of nitro groups is 1. The van der Waals surface area contributed by atoms with Gasteiger partial charge in [-0.05, 0) is 19.4 Å². The molecule has 1 aromatic rings. The minimum absolute atomic E-state index is 0.0468. The number of hydrogen-bond donors (Lipinski definition) is 1. The van der Waals surface area contributed by atoms with E-state index in [0.29, 0.717) is 11.8 Å². The molecule has 1 N–H and O–H groups in total. The van der Waals surface area contributed by atoms with Crippen LogP contribution < -0.4 is 10.2 Å². The lowest BCUT2D eigenvalue weighted by Gasteiger charge is -2.36. The van der Waals surface area contributed by atoms with Crippen LogP contribution in [0.2, 0.25) is 0 Å². The molecule has 0 bridgehead atoms. The normalized spacial score (nSPS) is 16.7. The summed E-state index contributed by atoms with van der Waals surface area (Å²) in [7, 11) is 3.58. The molecule has 0 unspecified atom stereocenters. The average Bonchev–Trinajstić information content (AvgIpc) is 2.53. The van der Waals surface area contributed by atoms with Crippen LogP contribution in [0, 0.1) is 10.1 Å². The number of nitrogens with one attached hydrogen (secondary N) is 1. The largest absolute Gasteiger partial charge is 0.357 e. The van der Waals surface area contributed by atoms with Crippen molar-refractivity contribution < 1.29 is 4.92 Å². The van der Waals surface area contributed by atoms with E-state index in [9.17, 15) is 10.1 Å². The number of rotatable bonds is 5. The van der Waals surface area contributed by atoms with Gasteiger partial charge in [-0.25, -0.2) is 4.98 Å². The summed E-state index contributed by atoms with van der Waals surface area (Å²) >= 11 is 0. The Morgan fingerprint density at radius 3 is 2.71 bits per heavy atom. The molecule has 8 heteroatoms. The fourth-order valence-corrected chi connectivity index (χ4v) is 2.67. The second kappa shape index (κ2) is 6.66. The molecule has 8 nitrogen and oxygen atoms in total. The number of nitrogens with zero attached hydrogens (tertiary/aromatic N) is 5. The Balaban J connectivity index is 2.21. The van der Waals surface area contributed by atoms with Crippen molar-refractivity contribution in [1.82, 2.24) is 14.9 Å². The van der Waals surface area contributed by atoms with Crippen molar-refractivity contribution in [2.75, 3.05) is 43.9 Å². The van der Waals surface area contributed by atoms with Crippen LogP contribution in [0.25, 0.3) is 0 Å². The Labute approximate surface area is 124 Å². The predicted molar refractivity (Wildman–Crippen MR) is 81.8 cm³/mol. The van der Waals surface area contributed by atoms with E-state index in [1.807, 2.05) is 11.9 Å². The summed E-state index contributed by atoms with van der Waals surface area (Å²) in [6, 6.07) is 0.270. The molecule has 0 amide bonds. The van der Waals surface area contributed by atoms with Crippen LogP contribution in [0.1, 0.15) is 19.8 Å². The fraction of sp³-hybridized carbons (Fsp3) is 0.692. The van der Waals surface area contributed by atoms with Gasteiger partial charge in [-0.3, -0.25) is 10.1 Å². The summed E-state index contributed by atoms with van der Waals surface area (Å²) in [4.78, 5) is 23.3. The van der Waals surface area contributed by atoms with Gasteiger partial charge in [0.25, 0.3) is 0 Å². The molecule has 1 aromatic heterocycles. The van der Waals surface area contributed by atoms with Gasteiger partial charge in [0, 0.05) is 33.2 Å². The van der Waals surface area contributed by atoms with Crippen LogP contribution in [0.5, 0.6) is 0 Å². The van der Waals surface area contributed by atoms with Crippen LogP contribution in [0.15, 0.2) is 6.20 Å². The van der Waals surface area contributed by atoms with Crippen molar-refractivity contribution in [1.29, 1.82) is 0 Å². The molecule has 116 valence electrons. The van der Waals surface area contributed by atoms with Crippen LogP contribution in [-0.2, 0) is 0 Å². The van der Waals surface area contributed by atoms with E-state index in [1.165, 1.54) is 6.20 Å². The molecular formula is C13H22N6O2. The number of piperidine rings is 1. The van der Waals surface area contributed by atoms with Gasteiger partial charge in [-0.15, -0.1) is 0 Å². The second-order valence-corrected chi connectivity index (χ2v) is 5.19. The van der Waals surface area contributed by atoms with Gasteiger partial charge in [0.05, 0.1) is 4.92 Å². The topological polar surface area (TPSA) is 87.4 Å². The first-order valence-electron chi connectivity index (χ1n) is 7.21. The van der Waals surface area contributed by atoms with Gasteiger partial charge >= 0.3 is 5.69 Å².